The van der Waals surface area contributed by atoms with Gasteiger partial charge in [-0.05, 0) is 31.0 Å². The Morgan fingerprint density at radius 2 is 2.20 bits per heavy atom. The molecule has 0 aliphatic carbocycles. The Balaban J connectivity index is 1.49. The normalized spacial score (nSPS) is 17.8. The van der Waals surface area contributed by atoms with E-state index >= 15 is 0 Å². The fourth-order valence-corrected chi connectivity index (χ4v) is 4.15. The van der Waals surface area contributed by atoms with E-state index in [1.54, 1.807) is 0 Å². The highest BCUT2D eigenvalue weighted by Gasteiger charge is 2.26. The van der Waals surface area contributed by atoms with Crippen LogP contribution in [0.3, 0.4) is 0 Å². The van der Waals surface area contributed by atoms with Gasteiger partial charge in [-0.15, -0.1) is 11.3 Å². The lowest BCUT2D eigenvalue weighted by Crippen LogP contribution is -2.33. The van der Waals surface area contributed by atoms with Crippen molar-refractivity contribution in [3.05, 3.63) is 52.0 Å². The molecule has 25 heavy (non-hydrogen) atoms. The van der Waals surface area contributed by atoms with Crippen LogP contribution >= 0.6 is 11.3 Å². The fraction of sp³-hybridized carbons (Fsp3) is 0.474. The Labute approximate surface area is 153 Å². The van der Waals surface area contributed by atoms with E-state index in [9.17, 15) is 4.79 Å². The molecule has 1 fully saturated rings. The van der Waals surface area contributed by atoms with Gasteiger partial charge in [0, 0.05) is 38.5 Å². The number of benzene rings is 1. The third-order valence-corrected chi connectivity index (χ3v) is 5.54. The maximum atomic E-state index is 12.5. The van der Waals surface area contributed by atoms with Crippen molar-refractivity contribution in [2.45, 2.75) is 19.4 Å². The van der Waals surface area contributed by atoms with Gasteiger partial charge in [0.1, 0.15) is 5.69 Å². The molecule has 2 heterocycles. The molecular formula is C19H26N4OS. The maximum absolute atomic E-state index is 12.5. The molecule has 134 valence electrons. The quantitative estimate of drug-likeness (QED) is 0.824. The van der Waals surface area contributed by atoms with E-state index in [-0.39, 0.29) is 5.91 Å². The predicted octanol–water partition coefficient (Wildman–Crippen LogP) is 2.24. The van der Waals surface area contributed by atoms with Crippen LogP contribution in [0.4, 0.5) is 0 Å². The Kier molecular flexibility index (Phi) is 6.18. The van der Waals surface area contributed by atoms with Crippen LogP contribution in [0.1, 0.15) is 27.5 Å². The molecule has 5 nitrogen and oxygen atoms in total. The minimum atomic E-state index is 0.0148. The van der Waals surface area contributed by atoms with Crippen molar-refractivity contribution in [2.75, 3.05) is 33.2 Å². The lowest BCUT2D eigenvalue weighted by atomic mass is 10.1. The molecule has 1 saturated heterocycles. The molecular weight excluding hydrogens is 332 g/mol. The summed E-state index contributed by atoms with van der Waals surface area (Å²) in [4.78, 5) is 21.2. The number of aromatic nitrogens is 1. The predicted molar refractivity (Wildman–Crippen MR) is 102 cm³/mol. The number of likely N-dealkylation sites (tertiary alicyclic amines) is 1. The minimum Gasteiger partial charge on any atom is -0.340 e. The number of amides is 1. The van der Waals surface area contributed by atoms with Crippen LogP contribution in [-0.4, -0.2) is 53.9 Å². The second-order valence-corrected chi connectivity index (χ2v) is 7.67. The summed E-state index contributed by atoms with van der Waals surface area (Å²) in [5.41, 5.74) is 7.45. The number of nitrogens with two attached hydrogens (primary N) is 1. The second-order valence-electron chi connectivity index (χ2n) is 6.73. The second kappa shape index (κ2) is 8.56. The van der Waals surface area contributed by atoms with E-state index in [1.807, 2.05) is 23.4 Å². The zero-order valence-electron chi connectivity index (χ0n) is 14.7. The Morgan fingerprint density at radius 3 is 2.96 bits per heavy atom. The smallest absolute Gasteiger partial charge is 0.273 e. The van der Waals surface area contributed by atoms with E-state index in [0.717, 1.165) is 44.0 Å². The summed E-state index contributed by atoms with van der Waals surface area (Å²) in [6.07, 6.45) is 1.87. The topological polar surface area (TPSA) is 62.5 Å². The van der Waals surface area contributed by atoms with Gasteiger partial charge in [-0.25, -0.2) is 4.98 Å². The number of nitrogens with zero attached hydrogens (tertiary/aromatic N) is 3. The van der Waals surface area contributed by atoms with Gasteiger partial charge in [-0.1, -0.05) is 30.3 Å². The Bertz CT molecular complexity index is 688. The highest BCUT2D eigenvalue weighted by atomic mass is 32.1. The molecule has 1 aliphatic rings. The molecule has 1 aliphatic heterocycles. The highest BCUT2D eigenvalue weighted by molar-refractivity contribution is 7.09. The molecule has 1 unspecified atom stereocenters. The van der Waals surface area contributed by atoms with Crippen LogP contribution in [0.15, 0.2) is 35.7 Å². The first kappa shape index (κ1) is 18.0. The zero-order chi connectivity index (χ0) is 17.6. The molecule has 2 N–H and O–H groups in total. The largest absolute Gasteiger partial charge is 0.340 e. The molecule has 0 radical (unpaired) electrons. The van der Waals surface area contributed by atoms with E-state index in [1.165, 1.54) is 16.9 Å². The molecule has 1 aromatic heterocycles. The van der Waals surface area contributed by atoms with Gasteiger partial charge >= 0.3 is 0 Å². The SMILES string of the molecule is CN(CC1CCN(Cc2ccccc2)C1)C(=O)c1csc(CCN)n1. The van der Waals surface area contributed by atoms with Gasteiger partial charge in [-0.3, -0.25) is 9.69 Å². The standard InChI is InChI=1S/C19H26N4OS/c1-22(19(24)17-14-25-18(21-17)7-9-20)11-16-8-10-23(13-16)12-15-5-3-2-4-6-15/h2-6,14,16H,7-13,20H2,1H3. The van der Waals surface area contributed by atoms with Crippen molar-refractivity contribution in [2.24, 2.45) is 11.7 Å². The molecule has 3 rings (SSSR count). The fourth-order valence-electron chi connectivity index (χ4n) is 3.36. The van der Waals surface area contributed by atoms with Crippen molar-refractivity contribution < 1.29 is 4.79 Å². The number of carbonyl (C=O) groups excluding carboxylic acids is 1. The number of thiazole rings is 1. The van der Waals surface area contributed by atoms with Crippen molar-refractivity contribution in [3.8, 4) is 0 Å². The first-order valence-electron chi connectivity index (χ1n) is 8.82. The van der Waals surface area contributed by atoms with Gasteiger partial charge in [-0.2, -0.15) is 0 Å². The lowest BCUT2D eigenvalue weighted by Gasteiger charge is -2.21. The molecule has 2 aromatic rings. The van der Waals surface area contributed by atoms with Crippen molar-refractivity contribution in [3.63, 3.8) is 0 Å². The van der Waals surface area contributed by atoms with Crippen LogP contribution in [0, 0.1) is 5.92 Å². The monoisotopic (exact) mass is 358 g/mol. The first-order chi connectivity index (χ1) is 12.2. The zero-order valence-corrected chi connectivity index (χ0v) is 15.5. The van der Waals surface area contributed by atoms with Gasteiger partial charge in [0.05, 0.1) is 5.01 Å². The molecule has 0 spiro atoms. The van der Waals surface area contributed by atoms with Crippen LogP contribution in [-0.2, 0) is 13.0 Å². The minimum absolute atomic E-state index is 0.0148. The average Bonchev–Trinajstić information content (AvgIpc) is 3.25. The number of rotatable bonds is 7. The van der Waals surface area contributed by atoms with Crippen molar-refractivity contribution in [1.82, 2.24) is 14.8 Å². The highest BCUT2D eigenvalue weighted by Crippen LogP contribution is 2.20. The Hall–Kier alpha value is -1.76. The van der Waals surface area contributed by atoms with Gasteiger partial charge < -0.3 is 10.6 Å². The van der Waals surface area contributed by atoms with Gasteiger partial charge in [0.2, 0.25) is 0 Å². The third-order valence-electron chi connectivity index (χ3n) is 4.63. The summed E-state index contributed by atoms with van der Waals surface area (Å²) >= 11 is 1.52. The average molecular weight is 359 g/mol. The van der Waals surface area contributed by atoms with E-state index in [4.69, 9.17) is 5.73 Å². The van der Waals surface area contributed by atoms with Gasteiger partial charge in [0.15, 0.2) is 0 Å². The summed E-state index contributed by atoms with van der Waals surface area (Å²) < 4.78 is 0. The third kappa shape index (κ3) is 4.87. The maximum Gasteiger partial charge on any atom is 0.273 e. The van der Waals surface area contributed by atoms with Crippen LogP contribution in [0.2, 0.25) is 0 Å². The molecule has 1 amide bonds. The van der Waals surface area contributed by atoms with E-state index in [0.29, 0.717) is 18.2 Å². The molecule has 0 bridgehead atoms. The number of hydrogen-bond acceptors (Lipinski definition) is 5. The lowest BCUT2D eigenvalue weighted by molar-refractivity contribution is 0.0768. The first-order valence-corrected chi connectivity index (χ1v) is 9.70. The van der Waals surface area contributed by atoms with Gasteiger partial charge in [0.25, 0.3) is 5.91 Å². The van der Waals surface area contributed by atoms with E-state index in [2.05, 4.69) is 34.1 Å². The number of hydrogen-bond donors (Lipinski definition) is 1. The summed E-state index contributed by atoms with van der Waals surface area (Å²) in [7, 11) is 1.88. The molecule has 0 saturated carbocycles. The molecule has 1 atom stereocenters. The summed E-state index contributed by atoms with van der Waals surface area (Å²) in [6.45, 7) is 4.48. The summed E-state index contributed by atoms with van der Waals surface area (Å²) in [5.74, 6) is 0.542. The van der Waals surface area contributed by atoms with Crippen LogP contribution in [0.5, 0.6) is 0 Å². The Morgan fingerprint density at radius 1 is 1.40 bits per heavy atom. The molecule has 6 heteroatoms. The van der Waals surface area contributed by atoms with Crippen LogP contribution < -0.4 is 5.73 Å². The van der Waals surface area contributed by atoms with Crippen molar-refractivity contribution >= 4 is 17.2 Å². The van der Waals surface area contributed by atoms with Crippen LogP contribution in [0.25, 0.3) is 0 Å². The number of carbonyl (C=O) groups is 1. The summed E-state index contributed by atoms with van der Waals surface area (Å²) in [5, 5.41) is 2.79. The molecule has 1 aromatic carbocycles. The van der Waals surface area contributed by atoms with E-state index < -0.39 is 0 Å². The van der Waals surface area contributed by atoms with Crippen molar-refractivity contribution in [1.29, 1.82) is 0 Å². The summed E-state index contributed by atoms with van der Waals surface area (Å²) in [6, 6.07) is 10.6.